The van der Waals surface area contributed by atoms with Crippen molar-refractivity contribution >= 4 is 40.4 Å². The molecule has 1 atom stereocenters. The van der Waals surface area contributed by atoms with E-state index < -0.39 is 28.4 Å². The van der Waals surface area contributed by atoms with Gasteiger partial charge in [-0.3, -0.25) is 24.6 Å². The number of benzene rings is 3. The van der Waals surface area contributed by atoms with Gasteiger partial charge in [0.25, 0.3) is 17.4 Å². The van der Waals surface area contributed by atoms with Gasteiger partial charge in [-0.1, -0.05) is 17.7 Å². The molecule has 0 spiro atoms. The van der Waals surface area contributed by atoms with Gasteiger partial charge < -0.3 is 14.9 Å². The average Bonchev–Trinajstić information content (AvgIpc) is 3.11. The summed E-state index contributed by atoms with van der Waals surface area (Å²) in [7, 11) is 1.49. The second-order valence-corrected chi connectivity index (χ2v) is 7.79. The fourth-order valence-corrected chi connectivity index (χ4v) is 3.94. The Labute approximate surface area is 198 Å². The van der Waals surface area contributed by atoms with Crippen LogP contribution in [0.15, 0.2) is 72.3 Å². The Balaban J connectivity index is 1.92. The number of carbonyl (C=O) groups is 2. The SMILES string of the molecule is COc1ccc(N2C(=O)C(=O)/C(=C(\O)c3ccc([N+](=O)[O-])cc3)C2c2ccc(O)c(Cl)c2)cc1. The Hall–Kier alpha value is -4.37. The molecule has 9 nitrogen and oxygen atoms in total. The summed E-state index contributed by atoms with van der Waals surface area (Å²) >= 11 is 6.09. The highest BCUT2D eigenvalue weighted by atomic mass is 35.5. The molecule has 0 aromatic heterocycles. The number of ketones is 1. The summed E-state index contributed by atoms with van der Waals surface area (Å²) in [5, 5.41) is 31.8. The van der Waals surface area contributed by atoms with Crippen molar-refractivity contribution in [1.82, 2.24) is 0 Å². The number of aliphatic hydroxyl groups is 1. The van der Waals surface area contributed by atoms with E-state index in [0.29, 0.717) is 17.0 Å². The molecule has 10 heteroatoms. The Morgan fingerprint density at radius 1 is 1.06 bits per heavy atom. The summed E-state index contributed by atoms with van der Waals surface area (Å²) in [4.78, 5) is 37.8. The number of carbonyl (C=O) groups excluding carboxylic acids is 2. The smallest absolute Gasteiger partial charge is 0.300 e. The zero-order valence-electron chi connectivity index (χ0n) is 17.6. The number of phenols is 1. The molecule has 2 N–H and O–H groups in total. The topological polar surface area (TPSA) is 130 Å². The third-order valence-corrected chi connectivity index (χ3v) is 5.74. The van der Waals surface area contributed by atoms with Gasteiger partial charge in [0.15, 0.2) is 0 Å². The lowest BCUT2D eigenvalue weighted by molar-refractivity contribution is -0.384. The second kappa shape index (κ2) is 8.87. The highest BCUT2D eigenvalue weighted by molar-refractivity contribution is 6.51. The summed E-state index contributed by atoms with van der Waals surface area (Å²) in [5.74, 6) is -1.99. The zero-order chi connectivity index (χ0) is 24.6. The van der Waals surface area contributed by atoms with E-state index in [4.69, 9.17) is 16.3 Å². The van der Waals surface area contributed by atoms with Crippen LogP contribution in [-0.4, -0.2) is 33.9 Å². The molecule has 34 heavy (non-hydrogen) atoms. The number of aliphatic hydroxyl groups excluding tert-OH is 1. The third kappa shape index (κ3) is 3.93. The lowest BCUT2D eigenvalue weighted by atomic mass is 9.95. The number of hydrogen-bond donors (Lipinski definition) is 2. The van der Waals surface area contributed by atoms with Gasteiger partial charge in [0.05, 0.1) is 28.7 Å². The summed E-state index contributed by atoms with van der Waals surface area (Å²) in [6.07, 6.45) is 0. The van der Waals surface area contributed by atoms with Gasteiger partial charge in [0.2, 0.25) is 0 Å². The summed E-state index contributed by atoms with van der Waals surface area (Å²) in [6.45, 7) is 0. The summed E-state index contributed by atoms with van der Waals surface area (Å²) in [6, 6.07) is 14.5. The number of anilines is 1. The number of nitro benzene ring substituents is 1. The maximum Gasteiger partial charge on any atom is 0.300 e. The summed E-state index contributed by atoms with van der Waals surface area (Å²) < 4.78 is 5.15. The van der Waals surface area contributed by atoms with E-state index in [9.17, 15) is 29.9 Å². The largest absolute Gasteiger partial charge is 0.507 e. The van der Waals surface area contributed by atoms with Crippen molar-refractivity contribution < 1.29 is 29.5 Å². The molecule has 0 bridgehead atoms. The van der Waals surface area contributed by atoms with Crippen molar-refractivity contribution in [1.29, 1.82) is 0 Å². The summed E-state index contributed by atoms with van der Waals surface area (Å²) in [5.41, 5.74) is 0.419. The molecule has 1 aliphatic rings. The molecular formula is C24H17ClN2O7. The number of aromatic hydroxyl groups is 1. The zero-order valence-corrected chi connectivity index (χ0v) is 18.4. The number of methoxy groups -OCH3 is 1. The number of phenolic OH excluding ortho intramolecular Hbond substituents is 1. The average molecular weight is 481 g/mol. The maximum atomic E-state index is 13.1. The number of rotatable bonds is 5. The molecule has 1 aliphatic heterocycles. The molecule has 1 amide bonds. The first kappa shape index (κ1) is 22.8. The first-order chi connectivity index (χ1) is 16.2. The van der Waals surface area contributed by atoms with Crippen LogP contribution in [0.3, 0.4) is 0 Å². The minimum Gasteiger partial charge on any atom is -0.507 e. The Morgan fingerprint density at radius 2 is 1.71 bits per heavy atom. The van der Waals surface area contributed by atoms with Crippen molar-refractivity contribution in [2.45, 2.75) is 6.04 Å². The normalized spacial score (nSPS) is 17.1. The number of halogens is 1. The van der Waals surface area contributed by atoms with Gasteiger partial charge >= 0.3 is 0 Å². The van der Waals surface area contributed by atoms with Crippen LogP contribution in [0.4, 0.5) is 11.4 Å². The number of hydrogen-bond acceptors (Lipinski definition) is 7. The fourth-order valence-electron chi connectivity index (χ4n) is 3.75. The lowest BCUT2D eigenvalue weighted by Crippen LogP contribution is -2.29. The predicted octanol–water partition coefficient (Wildman–Crippen LogP) is 4.59. The molecule has 172 valence electrons. The molecule has 3 aromatic carbocycles. The first-order valence-corrected chi connectivity index (χ1v) is 10.3. The maximum absolute atomic E-state index is 13.1. The lowest BCUT2D eigenvalue weighted by Gasteiger charge is -2.25. The van der Waals surface area contributed by atoms with E-state index in [0.717, 1.165) is 0 Å². The van der Waals surface area contributed by atoms with Crippen molar-refractivity contribution in [2.75, 3.05) is 12.0 Å². The molecule has 1 unspecified atom stereocenters. The van der Waals surface area contributed by atoms with Gasteiger partial charge in [0.1, 0.15) is 17.3 Å². The number of nitrogens with zero attached hydrogens (tertiary/aromatic N) is 2. The predicted molar refractivity (Wildman–Crippen MR) is 124 cm³/mol. The van der Waals surface area contributed by atoms with Crippen molar-refractivity contribution in [2.24, 2.45) is 0 Å². The minimum atomic E-state index is -1.08. The van der Waals surface area contributed by atoms with Gasteiger partial charge in [-0.15, -0.1) is 0 Å². The van der Waals surface area contributed by atoms with Gasteiger partial charge in [-0.05, 0) is 54.1 Å². The van der Waals surface area contributed by atoms with Crippen molar-refractivity contribution in [3.05, 3.63) is 98.6 Å². The quantitative estimate of drug-likeness (QED) is 0.179. The van der Waals surface area contributed by atoms with Gasteiger partial charge in [0, 0.05) is 23.4 Å². The van der Waals surface area contributed by atoms with Crippen LogP contribution in [0.1, 0.15) is 17.2 Å². The van der Waals surface area contributed by atoms with Crippen LogP contribution >= 0.6 is 11.6 Å². The number of nitro groups is 1. The molecule has 0 saturated carbocycles. The van der Waals surface area contributed by atoms with E-state index in [1.54, 1.807) is 24.3 Å². The molecule has 1 fully saturated rings. The van der Waals surface area contributed by atoms with Crippen LogP contribution in [0.25, 0.3) is 5.76 Å². The molecule has 3 aromatic rings. The van der Waals surface area contributed by atoms with Crippen LogP contribution < -0.4 is 9.64 Å². The number of Topliss-reactive ketones (excluding diaryl/α,β-unsaturated/α-hetero) is 1. The van der Waals surface area contributed by atoms with Crippen molar-refractivity contribution in [3.8, 4) is 11.5 Å². The minimum absolute atomic E-state index is 0.00634. The number of ether oxygens (including phenoxy) is 1. The van der Waals surface area contributed by atoms with Gasteiger partial charge in [-0.25, -0.2) is 0 Å². The fraction of sp³-hybridized carbons (Fsp3) is 0.0833. The van der Waals surface area contributed by atoms with E-state index in [2.05, 4.69) is 0 Å². The molecule has 1 saturated heterocycles. The number of non-ortho nitro benzene ring substituents is 1. The third-order valence-electron chi connectivity index (χ3n) is 5.43. The van der Waals surface area contributed by atoms with E-state index >= 15 is 0 Å². The highest BCUT2D eigenvalue weighted by Crippen LogP contribution is 2.43. The molecule has 0 radical (unpaired) electrons. The van der Waals surface area contributed by atoms with Crippen molar-refractivity contribution in [3.63, 3.8) is 0 Å². The molecule has 0 aliphatic carbocycles. The van der Waals surface area contributed by atoms with E-state index in [1.165, 1.54) is 54.5 Å². The number of amides is 1. The standard InChI is InChI=1S/C24H17ClN2O7/c1-34-17-9-7-15(8-10-17)26-21(14-4-11-19(28)18(25)12-14)20(23(30)24(26)31)22(29)13-2-5-16(6-3-13)27(32)33/h2-12,21,28-29H,1H3/b22-20-. The Kier molecular flexibility index (Phi) is 5.95. The monoisotopic (exact) mass is 480 g/mol. The Bertz CT molecular complexity index is 1330. The Morgan fingerprint density at radius 3 is 2.26 bits per heavy atom. The van der Waals surface area contributed by atoms with Crippen LogP contribution in [0.2, 0.25) is 5.02 Å². The highest BCUT2D eigenvalue weighted by Gasteiger charge is 2.47. The van der Waals surface area contributed by atoms with Crippen LogP contribution in [0, 0.1) is 10.1 Å². The first-order valence-electron chi connectivity index (χ1n) is 9.91. The second-order valence-electron chi connectivity index (χ2n) is 7.38. The van der Waals surface area contributed by atoms with Gasteiger partial charge in [-0.2, -0.15) is 0 Å². The molecular weight excluding hydrogens is 464 g/mol. The molecule has 1 heterocycles. The van der Waals surface area contributed by atoms with E-state index in [1.807, 2.05) is 0 Å². The molecule has 4 rings (SSSR count). The van der Waals surface area contributed by atoms with Crippen LogP contribution in [-0.2, 0) is 9.59 Å². The van der Waals surface area contributed by atoms with E-state index in [-0.39, 0.29) is 27.6 Å². The van der Waals surface area contributed by atoms with Crippen LogP contribution in [0.5, 0.6) is 11.5 Å².